The van der Waals surface area contributed by atoms with E-state index >= 15 is 0 Å². The van der Waals surface area contributed by atoms with Gasteiger partial charge in [-0.1, -0.05) is 84.0 Å². The molecule has 0 atom stereocenters. The lowest BCUT2D eigenvalue weighted by atomic mass is 10.2. The molecule has 2 aromatic carbocycles. The Morgan fingerprint density at radius 3 is 2.50 bits per heavy atom. The Bertz CT molecular complexity index is 1040. The van der Waals surface area contributed by atoms with E-state index in [-0.39, 0.29) is 11.4 Å². The van der Waals surface area contributed by atoms with E-state index in [9.17, 15) is 8.42 Å². The van der Waals surface area contributed by atoms with Crippen molar-refractivity contribution in [2.45, 2.75) is 24.7 Å². The lowest BCUT2D eigenvalue weighted by molar-refractivity contribution is 0.434. The Hall–Kier alpha value is -3.12. The average molecular weight is 423 g/mol. The van der Waals surface area contributed by atoms with Crippen molar-refractivity contribution in [3.8, 4) is 0 Å². The number of allylic oxidation sites excluding steroid dienone is 3. The van der Waals surface area contributed by atoms with Crippen molar-refractivity contribution in [3.63, 3.8) is 0 Å². The Labute approximate surface area is 178 Å². The molecule has 0 aliphatic heterocycles. The van der Waals surface area contributed by atoms with E-state index in [0.29, 0.717) is 25.1 Å². The maximum Gasteiger partial charge on any atom is 0.243 e. The number of hydrogen-bond donors (Lipinski definition) is 0. The van der Waals surface area contributed by atoms with Gasteiger partial charge in [-0.05, 0) is 43.0 Å². The van der Waals surface area contributed by atoms with Crippen LogP contribution >= 0.6 is 0 Å². The van der Waals surface area contributed by atoms with Gasteiger partial charge in [-0.25, -0.2) is 8.42 Å². The third kappa shape index (κ3) is 7.37. The van der Waals surface area contributed by atoms with E-state index in [1.165, 1.54) is 4.31 Å². The molecule has 30 heavy (non-hydrogen) atoms. The highest BCUT2D eigenvalue weighted by atomic mass is 32.2. The van der Waals surface area contributed by atoms with Gasteiger partial charge < -0.3 is 0 Å². The van der Waals surface area contributed by atoms with Crippen LogP contribution in [0, 0.1) is 6.92 Å². The summed E-state index contributed by atoms with van der Waals surface area (Å²) in [6, 6.07) is 16.7. The van der Waals surface area contributed by atoms with Crippen LogP contribution in [0.1, 0.15) is 24.0 Å². The molecule has 0 saturated heterocycles. The first kappa shape index (κ1) is 23.2. The van der Waals surface area contributed by atoms with Crippen LogP contribution < -0.4 is 0 Å². The van der Waals surface area contributed by atoms with Gasteiger partial charge >= 0.3 is 0 Å². The van der Waals surface area contributed by atoms with E-state index in [1.54, 1.807) is 24.3 Å². The molecule has 0 heterocycles. The Kier molecular flexibility index (Phi) is 9.09. The van der Waals surface area contributed by atoms with Gasteiger partial charge in [0.2, 0.25) is 10.0 Å². The molecule has 0 fully saturated rings. The van der Waals surface area contributed by atoms with Crippen molar-refractivity contribution in [1.82, 2.24) is 4.31 Å². The van der Waals surface area contributed by atoms with Crippen molar-refractivity contribution < 1.29 is 8.42 Å². The largest absolute Gasteiger partial charge is 0.243 e. The summed E-state index contributed by atoms with van der Waals surface area (Å²) in [5, 5.41) is 3.46. The first-order valence-corrected chi connectivity index (χ1v) is 11.1. The molecular formula is C23H26N4O2S. The summed E-state index contributed by atoms with van der Waals surface area (Å²) in [6.45, 7) is 6.12. The predicted molar refractivity (Wildman–Crippen MR) is 122 cm³/mol. The summed E-state index contributed by atoms with van der Waals surface area (Å²) in [6.07, 6.45) is 8.43. The maximum atomic E-state index is 13.1. The fraction of sp³-hybridized carbons (Fsp3) is 0.217. The van der Waals surface area contributed by atoms with Crippen LogP contribution in [0.5, 0.6) is 0 Å². The van der Waals surface area contributed by atoms with Crippen molar-refractivity contribution in [2.24, 2.45) is 5.11 Å². The van der Waals surface area contributed by atoms with Crippen molar-refractivity contribution in [3.05, 3.63) is 107 Å². The summed E-state index contributed by atoms with van der Waals surface area (Å²) in [4.78, 5) is 2.97. The zero-order chi connectivity index (χ0) is 21.8. The Morgan fingerprint density at radius 1 is 1.13 bits per heavy atom. The maximum absolute atomic E-state index is 13.1. The zero-order valence-corrected chi connectivity index (χ0v) is 17.9. The van der Waals surface area contributed by atoms with Crippen LogP contribution in [0.25, 0.3) is 16.5 Å². The molecule has 0 saturated carbocycles. The van der Waals surface area contributed by atoms with Crippen LogP contribution in [-0.2, 0) is 10.0 Å². The van der Waals surface area contributed by atoms with Gasteiger partial charge in [-0.2, -0.15) is 4.31 Å². The Balaban J connectivity index is 2.10. The zero-order valence-electron chi connectivity index (χ0n) is 17.1. The van der Waals surface area contributed by atoms with E-state index in [1.807, 2.05) is 61.6 Å². The predicted octanol–water partition coefficient (Wildman–Crippen LogP) is 5.86. The molecule has 0 radical (unpaired) electrons. The summed E-state index contributed by atoms with van der Waals surface area (Å²) in [7, 11) is -3.64. The van der Waals surface area contributed by atoms with E-state index in [4.69, 9.17) is 5.53 Å². The minimum Gasteiger partial charge on any atom is -0.207 e. The molecular weight excluding hydrogens is 396 g/mol. The number of azide groups is 1. The highest BCUT2D eigenvalue weighted by Gasteiger charge is 2.22. The van der Waals surface area contributed by atoms with Crippen LogP contribution in [-0.4, -0.2) is 25.8 Å². The van der Waals surface area contributed by atoms with Crippen molar-refractivity contribution >= 4 is 16.1 Å². The number of sulfonamides is 1. The second-order valence-corrected chi connectivity index (χ2v) is 8.67. The highest BCUT2D eigenvalue weighted by Crippen LogP contribution is 2.18. The minimum atomic E-state index is -3.64. The molecule has 0 unspecified atom stereocenters. The number of aryl methyl sites for hydroxylation is 1. The number of hydrogen-bond acceptors (Lipinski definition) is 3. The van der Waals surface area contributed by atoms with Gasteiger partial charge in [0.25, 0.3) is 0 Å². The van der Waals surface area contributed by atoms with Gasteiger partial charge in [-0.15, -0.1) is 0 Å². The molecule has 0 bridgehead atoms. The van der Waals surface area contributed by atoms with Gasteiger partial charge in [0.1, 0.15) is 0 Å². The van der Waals surface area contributed by atoms with Crippen LogP contribution in [0.2, 0.25) is 0 Å². The van der Waals surface area contributed by atoms with Crippen molar-refractivity contribution in [1.29, 1.82) is 0 Å². The van der Waals surface area contributed by atoms with Gasteiger partial charge in [0.15, 0.2) is 0 Å². The molecule has 0 amide bonds. The summed E-state index contributed by atoms with van der Waals surface area (Å²) in [5.41, 5.74) is 10.9. The summed E-state index contributed by atoms with van der Waals surface area (Å²) in [5.74, 6) is 0. The monoisotopic (exact) mass is 422 g/mol. The molecule has 2 aromatic rings. The normalized spacial score (nSPS) is 11.8. The molecule has 0 spiro atoms. The Morgan fingerprint density at radius 2 is 1.83 bits per heavy atom. The van der Waals surface area contributed by atoms with E-state index in [2.05, 4.69) is 16.6 Å². The van der Waals surface area contributed by atoms with Crippen molar-refractivity contribution in [2.75, 3.05) is 13.1 Å². The topological polar surface area (TPSA) is 86.1 Å². The minimum absolute atomic E-state index is 0.239. The second kappa shape index (κ2) is 11.8. The standard InChI is InChI=1S/C23H26N4O2S/c1-20-14-16-23(17-15-20)30(28,29)27(19-9-10-21(2)25-26-24)18-8-4-7-13-22-11-5-3-6-12-22/h3-8,11-17H,2,9-10,18-19H2,1H3/b8-4+,13-7+. The van der Waals surface area contributed by atoms with E-state index < -0.39 is 10.0 Å². The van der Waals surface area contributed by atoms with Crippen LogP contribution in [0.3, 0.4) is 0 Å². The molecule has 2 rings (SSSR count). The molecule has 6 nitrogen and oxygen atoms in total. The second-order valence-electron chi connectivity index (χ2n) is 6.73. The molecule has 7 heteroatoms. The van der Waals surface area contributed by atoms with Gasteiger partial charge in [0.05, 0.1) is 4.90 Å². The quantitative estimate of drug-likeness (QED) is 0.196. The van der Waals surface area contributed by atoms with Crippen LogP contribution in [0.15, 0.2) is 95.1 Å². The molecule has 0 aliphatic rings. The first-order chi connectivity index (χ1) is 14.4. The third-order valence-corrected chi connectivity index (χ3v) is 6.24. The third-order valence-electron chi connectivity index (χ3n) is 4.36. The van der Waals surface area contributed by atoms with Gasteiger partial charge in [-0.3, -0.25) is 0 Å². The lowest BCUT2D eigenvalue weighted by Crippen LogP contribution is -2.32. The van der Waals surface area contributed by atoms with Gasteiger partial charge in [0, 0.05) is 23.7 Å². The smallest absolute Gasteiger partial charge is 0.207 e. The lowest BCUT2D eigenvalue weighted by Gasteiger charge is -2.21. The summed E-state index contributed by atoms with van der Waals surface area (Å²) >= 11 is 0. The summed E-state index contributed by atoms with van der Waals surface area (Å²) < 4.78 is 27.6. The highest BCUT2D eigenvalue weighted by molar-refractivity contribution is 7.89. The molecule has 156 valence electrons. The molecule has 0 aliphatic carbocycles. The SMILES string of the molecule is C=C(CCCN(C/C=C/C=C/c1ccccc1)S(=O)(=O)c1ccc(C)cc1)N=[N+]=[N-]. The molecule has 0 aromatic heterocycles. The number of rotatable bonds is 11. The van der Waals surface area contributed by atoms with Crippen LogP contribution in [0.4, 0.5) is 0 Å². The van der Waals surface area contributed by atoms with E-state index in [0.717, 1.165) is 11.1 Å². The fourth-order valence-corrected chi connectivity index (χ4v) is 4.16. The average Bonchev–Trinajstić information content (AvgIpc) is 2.73. The number of benzene rings is 2. The molecule has 0 N–H and O–H groups in total. The fourth-order valence-electron chi connectivity index (χ4n) is 2.73. The first-order valence-electron chi connectivity index (χ1n) is 9.61. The number of nitrogens with zero attached hydrogens (tertiary/aromatic N) is 4.